The van der Waals surface area contributed by atoms with Gasteiger partial charge in [-0.15, -0.1) is 0 Å². The molecule has 2 nitrogen and oxygen atoms in total. The van der Waals surface area contributed by atoms with Gasteiger partial charge >= 0.3 is 0 Å². The van der Waals surface area contributed by atoms with E-state index in [1.807, 2.05) is 0 Å². The Morgan fingerprint density at radius 1 is 0.352 bits per heavy atom. The fourth-order valence-electron chi connectivity index (χ4n) is 14.8. The smallest absolute Gasteiger partial charge is 0.252 e. The first-order chi connectivity index (χ1) is 35.0. The van der Waals surface area contributed by atoms with Crippen molar-refractivity contribution in [2.24, 2.45) is 0 Å². The Bertz CT molecular complexity index is 3750. The summed E-state index contributed by atoms with van der Waals surface area (Å²) >= 11 is 0. The van der Waals surface area contributed by atoms with Crippen LogP contribution >= 0.6 is 0 Å². The van der Waals surface area contributed by atoms with Crippen LogP contribution in [-0.2, 0) is 25.7 Å². The van der Waals surface area contributed by atoms with Gasteiger partial charge in [-0.05, 0) is 191 Å². The second-order valence-electron chi connectivity index (χ2n) is 21.9. The third kappa shape index (κ3) is 5.72. The van der Waals surface area contributed by atoms with Gasteiger partial charge in [0.1, 0.15) is 0 Å². The van der Waals surface area contributed by atoms with Crippen LogP contribution in [0.5, 0.6) is 0 Å². The van der Waals surface area contributed by atoms with Gasteiger partial charge in [0.15, 0.2) is 0 Å². The number of fused-ring (bicyclic) bond motifs is 18. The molecule has 0 unspecified atom stereocenters. The molecule has 0 aromatic heterocycles. The molecule has 0 atom stereocenters. The zero-order chi connectivity index (χ0) is 47.2. The quantitative estimate of drug-likeness (QED) is 0.128. The van der Waals surface area contributed by atoms with Gasteiger partial charge in [0.25, 0.3) is 6.71 Å². The zero-order valence-corrected chi connectivity index (χ0v) is 41.4. The summed E-state index contributed by atoms with van der Waals surface area (Å²) in [5.74, 6) is 0.675. The summed E-state index contributed by atoms with van der Waals surface area (Å²) in [7, 11) is 0. The number of hydrogen-bond donors (Lipinski definition) is 0. The van der Waals surface area contributed by atoms with E-state index in [4.69, 9.17) is 0 Å². The molecule has 0 bridgehead atoms. The summed E-state index contributed by atoms with van der Waals surface area (Å²) in [6, 6.07) is 63.6. The average Bonchev–Trinajstić information content (AvgIpc) is 3.41. The highest BCUT2D eigenvalue weighted by molar-refractivity contribution is 7.00. The van der Waals surface area contributed by atoms with Crippen molar-refractivity contribution in [2.75, 3.05) is 9.80 Å². The number of rotatable bonds is 4. The van der Waals surface area contributed by atoms with Crippen molar-refractivity contribution in [3.05, 3.63) is 197 Å². The van der Waals surface area contributed by atoms with Crippen molar-refractivity contribution in [2.45, 2.75) is 90.9 Å². The van der Waals surface area contributed by atoms with E-state index >= 15 is 0 Å². The topological polar surface area (TPSA) is 6.48 Å². The lowest BCUT2D eigenvalue weighted by atomic mass is 9.32. The molecule has 11 aromatic rings. The third-order valence-corrected chi connectivity index (χ3v) is 17.4. The van der Waals surface area contributed by atoms with E-state index in [0.29, 0.717) is 11.8 Å². The van der Waals surface area contributed by atoms with Crippen molar-refractivity contribution in [3.8, 4) is 0 Å². The molecule has 71 heavy (non-hydrogen) atoms. The lowest BCUT2D eigenvalue weighted by Gasteiger charge is -2.47. The number of anilines is 6. The Hall–Kier alpha value is -7.36. The minimum absolute atomic E-state index is 0.0632. The van der Waals surface area contributed by atoms with E-state index in [-0.39, 0.29) is 6.71 Å². The van der Waals surface area contributed by atoms with Crippen LogP contribution < -0.4 is 26.2 Å². The van der Waals surface area contributed by atoms with Gasteiger partial charge in [-0.25, -0.2) is 0 Å². The fraction of sp³-hybridized carbons (Fsp3) is 0.206. The summed E-state index contributed by atoms with van der Waals surface area (Å²) in [4.78, 5) is 5.57. The maximum absolute atomic E-state index is 2.79. The number of hydrogen-bond acceptors (Lipinski definition) is 2. The molecule has 15 rings (SSSR count). The monoisotopic (exact) mass is 912 g/mol. The molecular weight excluding hydrogens is 856 g/mol. The normalized spacial score (nSPS) is 15.0. The Balaban J connectivity index is 1.13. The predicted octanol–water partition coefficient (Wildman–Crippen LogP) is 16.7. The lowest BCUT2D eigenvalue weighted by Crippen LogP contribution is -2.62. The van der Waals surface area contributed by atoms with Gasteiger partial charge < -0.3 is 9.80 Å². The molecule has 0 radical (unpaired) electrons. The number of benzene rings is 11. The van der Waals surface area contributed by atoms with Crippen LogP contribution in [0.3, 0.4) is 0 Å². The van der Waals surface area contributed by atoms with Crippen molar-refractivity contribution in [1.82, 2.24) is 0 Å². The van der Waals surface area contributed by atoms with E-state index in [0.717, 1.165) is 25.7 Å². The van der Waals surface area contributed by atoms with E-state index < -0.39 is 0 Å². The summed E-state index contributed by atoms with van der Waals surface area (Å²) in [5.41, 5.74) is 21.8. The molecule has 11 aromatic carbocycles. The molecule has 0 N–H and O–H groups in total. The Morgan fingerprint density at radius 2 is 0.662 bits per heavy atom. The highest BCUT2D eigenvalue weighted by atomic mass is 15.2. The van der Waals surface area contributed by atoms with Gasteiger partial charge in [-0.2, -0.15) is 0 Å². The third-order valence-electron chi connectivity index (χ3n) is 17.4. The molecule has 0 amide bonds. The molecule has 342 valence electrons. The molecule has 0 saturated carbocycles. The summed E-state index contributed by atoms with van der Waals surface area (Å²) in [5, 5.41) is 15.8. The van der Waals surface area contributed by atoms with E-state index in [1.165, 1.54) is 141 Å². The van der Waals surface area contributed by atoms with E-state index in [9.17, 15) is 0 Å². The van der Waals surface area contributed by atoms with Crippen molar-refractivity contribution < 1.29 is 0 Å². The molecule has 3 heteroatoms. The maximum atomic E-state index is 2.79. The summed E-state index contributed by atoms with van der Waals surface area (Å²) < 4.78 is 0. The predicted molar refractivity (Wildman–Crippen MR) is 307 cm³/mol. The highest BCUT2D eigenvalue weighted by Crippen LogP contribution is 2.54. The molecular formula is C68H57BN2. The van der Waals surface area contributed by atoms with Crippen LogP contribution in [0, 0.1) is 0 Å². The highest BCUT2D eigenvalue weighted by Gasteiger charge is 2.47. The van der Waals surface area contributed by atoms with E-state index in [2.05, 4.69) is 201 Å². The maximum Gasteiger partial charge on any atom is 0.252 e. The van der Waals surface area contributed by atoms with Crippen LogP contribution in [0.15, 0.2) is 164 Å². The standard InChI is InChI=1S/C68H57BN2/c1-40(2)62-44-22-7-5-20-42(44)38-56-67(62)70(58-34-17-32-54-50-26-11-9-24-46(50)48-28-13-15-30-52(48)64(54)58)60-36-19-37-61-66(60)69(56)57-39-43-21-6-8-23-45(43)63(41(3)4)68(57)71(61)59-35-18-33-55-51-27-12-10-25-47(51)49-29-14-16-31-53(49)65(55)59/h9-19,24-41H,5-8,20-23H2,1-4H3. The summed E-state index contributed by atoms with van der Waals surface area (Å²) in [6.45, 7) is 9.95. The van der Waals surface area contributed by atoms with Crippen LogP contribution in [0.4, 0.5) is 34.1 Å². The molecule has 0 spiro atoms. The van der Waals surface area contributed by atoms with Crippen molar-refractivity contribution in [3.63, 3.8) is 0 Å². The Morgan fingerprint density at radius 3 is 1.04 bits per heavy atom. The Labute approximate surface area is 417 Å². The van der Waals surface area contributed by atoms with Gasteiger partial charge in [-0.1, -0.05) is 167 Å². The first-order valence-electron chi connectivity index (χ1n) is 26.7. The lowest BCUT2D eigenvalue weighted by molar-refractivity contribution is 0.671. The first kappa shape index (κ1) is 41.4. The fourth-order valence-corrected chi connectivity index (χ4v) is 14.8. The average molecular weight is 913 g/mol. The van der Waals surface area contributed by atoms with Crippen molar-refractivity contribution >= 4 is 122 Å². The largest absolute Gasteiger partial charge is 0.310 e. The van der Waals surface area contributed by atoms with Gasteiger partial charge in [0.2, 0.25) is 0 Å². The minimum Gasteiger partial charge on any atom is -0.310 e. The zero-order valence-electron chi connectivity index (χ0n) is 41.4. The molecule has 2 heterocycles. The van der Waals surface area contributed by atoms with E-state index in [1.54, 1.807) is 33.4 Å². The molecule has 0 saturated heterocycles. The van der Waals surface area contributed by atoms with Gasteiger partial charge in [0.05, 0.1) is 11.4 Å². The Kier molecular flexibility index (Phi) is 9.09. The van der Waals surface area contributed by atoms with Crippen LogP contribution in [0.1, 0.15) is 98.6 Å². The molecule has 4 aliphatic rings. The molecule has 2 aliphatic carbocycles. The molecule has 2 aliphatic heterocycles. The second-order valence-corrected chi connectivity index (χ2v) is 21.9. The molecule has 0 fully saturated rings. The minimum atomic E-state index is 0.0632. The van der Waals surface area contributed by atoms with Gasteiger partial charge in [0, 0.05) is 33.5 Å². The van der Waals surface area contributed by atoms with Crippen LogP contribution in [0.25, 0.3) is 64.6 Å². The number of nitrogens with zero attached hydrogens (tertiary/aromatic N) is 2. The SMILES string of the molecule is CC(C)c1c2c(cc3c1N(c1cccc4c5ccccc5c5ccccc5c14)c1cccc4c1B3c1cc3c(c(C(C)C)c1N4c1cccc4c5ccccc5c5ccccc5c14)CCCC3)CCCC2. The van der Waals surface area contributed by atoms with Crippen LogP contribution in [-0.4, -0.2) is 6.71 Å². The van der Waals surface area contributed by atoms with Crippen molar-refractivity contribution in [1.29, 1.82) is 0 Å². The summed E-state index contributed by atoms with van der Waals surface area (Å²) in [6.07, 6.45) is 9.57. The van der Waals surface area contributed by atoms with Gasteiger partial charge in [-0.3, -0.25) is 0 Å². The second kappa shape index (κ2) is 15.6. The van der Waals surface area contributed by atoms with Crippen LogP contribution in [0.2, 0.25) is 0 Å². The first-order valence-corrected chi connectivity index (χ1v) is 26.7. The number of aryl methyl sites for hydroxylation is 2.